The third kappa shape index (κ3) is 3.76. The first kappa shape index (κ1) is 10.3. The van der Waals surface area contributed by atoms with Crippen LogP contribution in [-0.2, 0) is 6.42 Å². The average Bonchev–Trinajstić information content (AvgIpc) is 2.71. The van der Waals surface area contributed by atoms with Gasteiger partial charge in [-0.25, -0.2) is 0 Å². The van der Waals surface area contributed by atoms with Crippen molar-refractivity contribution in [3.63, 3.8) is 0 Å². The number of benzene rings is 1. The van der Waals surface area contributed by atoms with Gasteiger partial charge >= 0.3 is 0 Å². The van der Waals surface area contributed by atoms with Crippen molar-refractivity contribution in [2.75, 3.05) is 5.84 Å². The molecule has 0 bridgehead atoms. The molecule has 1 heterocycles. The van der Waals surface area contributed by atoms with Crippen molar-refractivity contribution < 1.29 is 0 Å². The summed E-state index contributed by atoms with van der Waals surface area (Å²) in [6.07, 6.45) is 4.43. The molecule has 0 amide bonds. The topological polar surface area (TPSA) is 43.8 Å². The summed E-state index contributed by atoms with van der Waals surface area (Å²) in [5, 5.41) is 3.61. The summed E-state index contributed by atoms with van der Waals surface area (Å²) >= 11 is 0. The van der Waals surface area contributed by atoms with Gasteiger partial charge in [0.15, 0.2) is 0 Å². The van der Waals surface area contributed by atoms with Crippen LogP contribution in [0.4, 0.5) is 0 Å². The summed E-state index contributed by atoms with van der Waals surface area (Å²) in [4.78, 5) is 1.25. The van der Waals surface area contributed by atoms with Gasteiger partial charge in [0, 0.05) is 6.20 Å². The average molecular weight is 189 g/mol. The van der Waals surface area contributed by atoms with E-state index in [-0.39, 0.29) is 0 Å². The van der Waals surface area contributed by atoms with E-state index < -0.39 is 0 Å². The summed E-state index contributed by atoms with van der Waals surface area (Å²) in [6, 6.07) is 12.2. The van der Waals surface area contributed by atoms with Crippen molar-refractivity contribution >= 4 is 0 Å². The van der Waals surface area contributed by atoms with Gasteiger partial charge in [-0.15, -0.1) is 0 Å². The lowest BCUT2D eigenvalue weighted by Gasteiger charge is -1.89. The second-order valence-electron chi connectivity index (χ2n) is 2.83. The lowest BCUT2D eigenvalue weighted by atomic mass is 10.2. The predicted molar refractivity (Wildman–Crippen MR) is 58.2 cm³/mol. The molecule has 2 aromatic rings. The van der Waals surface area contributed by atoms with Crippen LogP contribution >= 0.6 is 0 Å². The van der Waals surface area contributed by atoms with E-state index in [2.05, 4.69) is 36.3 Å². The molecule has 0 aliphatic heterocycles. The highest BCUT2D eigenvalue weighted by Gasteiger charge is 1.79. The molecule has 0 radical (unpaired) electrons. The number of hydrogen-bond acceptors (Lipinski definition) is 2. The third-order valence-corrected chi connectivity index (χ3v) is 1.78. The zero-order valence-corrected chi connectivity index (χ0v) is 8.30. The molecule has 1 aromatic carbocycles. The molecule has 14 heavy (non-hydrogen) atoms. The third-order valence-electron chi connectivity index (χ3n) is 1.78. The van der Waals surface area contributed by atoms with Gasteiger partial charge in [-0.3, -0.25) is 0 Å². The Morgan fingerprint density at radius 3 is 2.21 bits per heavy atom. The van der Waals surface area contributed by atoms with Gasteiger partial charge in [-0.1, -0.05) is 37.3 Å². The number of nitrogens with zero attached hydrogens (tertiary/aromatic N) is 2. The summed E-state index contributed by atoms with van der Waals surface area (Å²) < 4.78 is 0. The predicted octanol–water partition coefficient (Wildman–Crippen LogP) is 1.85. The molecule has 2 rings (SSSR count). The van der Waals surface area contributed by atoms with Crippen LogP contribution in [0.2, 0.25) is 0 Å². The number of aryl methyl sites for hydroxylation is 1. The van der Waals surface area contributed by atoms with Crippen LogP contribution in [0.15, 0.2) is 48.8 Å². The molecule has 3 heteroatoms. The summed E-state index contributed by atoms with van der Waals surface area (Å²) in [7, 11) is 0. The lowest BCUT2D eigenvalue weighted by Crippen LogP contribution is -2.06. The molecule has 0 spiro atoms. The second kappa shape index (κ2) is 5.80. The van der Waals surface area contributed by atoms with Crippen molar-refractivity contribution in [2.24, 2.45) is 0 Å². The fraction of sp³-hybridized carbons (Fsp3) is 0.182. The first-order valence-electron chi connectivity index (χ1n) is 4.61. The maximum absolute atomic E-state index is 5.08. The van der Waals surface area contributed by atoms with E-state index in [0.29, 0.717) is 0 Å². The molecule has 0 saturated carbocycles. The molecule has 0 unspecified atom stereocenters. The number of rotatable bonds is 1. The van der Waals surface area contributed by atoms with E-state index >= 15 is 0 Å². The Morgan fingerprint density at radius 2 is 1.93 bits per heavy atom. The van der Waals surface area contributed by atoms with E-state index in [4.69, 9.17) is 5.84 Å². The largest absolute Gasteiger partial charge is 0.323 e. The monoisotopic (exact) mass is 189 g/mol. The molecule has 0 atom stereocenters. The van der Waals surface area contributed by atoms with E-state index in [1.165, 1.54) is 10.4 Å². The lowest BCUT2D eigenvalue weighted by molar-refractivity contribution is 0.832. The minimum atomic E-state index is 1.14. The molecular formula is C11H15N3. The first-order valence-corrected chi connectivity index (χ1v) is 4.61. The minimum Gasteiger partial charge on any atom is -0.323 e. The van der Waals surface area contributed by atoms with Gasteiger partial charge < -0.3 is 5.84 Å². The van der Waals surface area contributed by atoms with Crippen LogP contribution in [0.25, 0.3) is 0 Å². The minimum absolute atomic E-state index is 1.14. The Labute approximate surface area is 84.1 Å². The van der Waals surface area contributed by atoms with Crippen LogP contribution in [0, 0.1) is 0 Å². The molecule has 74 valence electrons. The normalized spacial score (nSPS) is 8.93. The molecule has 2 N–H and O–H groups in total. The van der Waals surface area contributed by atoms with Gasteiger partial charge in [0.25, 0.3) is 0 Å². The Morgan fingerprint density at radius 1 is 1.21 bits per heavy atom. The number of nitrogen functional groups attached to an aromatic ring is 1. The van der Waals surface area contributed by atoms with Crippen LogP contribution in [0.5, 0.6) is 0 Å². The molecule has 1 aromatic heterocycles. The fourth-order valence-corrected chi connectivity index (χ4v) is 0.994. The van der Waals surface area contributed by atoms with E-state index in [1.807, 2.05) is 6.07 Å². The van der Waals surface area contributed by atoms with Crippen molar-refractivity contribution in [3.8, 4) is 0 Å². The van der Waals surface area contributed by atoms with Gasteiger partial charge in [0.1, 0.15) is 0 Å². The molecular weight excluding hydrogens is 174 g/mol. The van der Waals surface area contributed by atoms with Crippen LogP contribution in [0.1, 0.15) is 12.5 Å². The number of hydrogen-bond donors (Lipinski definition) is 1. The van der Waals surface area contributed by atoms with Crippen molar-refractivity contribution in [1.82, 2.24) is 9.89 Å². The number of nitrogens with two attached hydrogens (primary N) is 1. The number of aromatic nitrogens is 2. The molecule has 0 aliphatic rings. The summed E-state index contributed by atoms with van der Waals surface area (Å²) in [5.41, 5.74) is 1.41. The van der Waals surface area contributed by atoms with E-state index in [0.717, 1.165) is 6.42 Å². The zero-order chi connectivity index (χ0) is 10.2. The van der Waals surface area contributed by atoms with E-state index in [9.17, 15) is 0 Å². The van der Waals surface area contributed by atoms with Gasteiger partial charge in [-0.2, -0.15) is 9.89 Å². The van der Waals surface area contributed by atoms with Gasteiger partial charge in [-0.05, 0) is 18.1 Å². The molecule has 0 fully saturated rings. The highest BCUT2D eigenvalue weighted by molar-refractivity contribution is 5.13. The smallest absolute Gasteiger partial charge is 0.0510 e. The Bertz CT molecular complexity index is 327. The first-order chi connectivity index (χ1) is 6.83. The van der Waals surface area contributed by atoms with Crippen LogP contribution in [-0.4, -0.2) is 9.89 Å². The van der Waals surface area contributed by atoms with Gasteiger partial charge in [0.05, 0.1) is 6.20 Å². The van der Waals surface area contributed by atoms with Crippen LogP contribution in [0.3, 0.4) is 0 Å². The van der Waals surface area contributed by atoms with Crippen LogP contribution < -0.4 is 5.84 Å². The van der Waals surface area contributed by atoms with Gasteiger partial charge in [0.2, 0.25) is 0 Å². The SMILES string of the molecule is CCc1ccccc1.Nn1cccn1. The Balaban J connectivity index is 0.000000146. The fourth-order valence-electron chi connectivity index (χ4n) is 0.994. The standard InChI is InChI=1S/C8H10.C3H5N3/c1-2-8-6-4-3-5-7-8;4-6-3-1-2-5-6/h3-7H,2H2,1H3;1-3H,4H2. The maximum atomic E-state index is 5.08. The zero-order valence-electron chi connectivity index (χ0n) is 8.30. The molecule has 0 saturated heterocycles. The quantitative estimate of drug-likeness (QED) is 0.696. The Hall–Kier alpha value is -1.77. The van der Waals surface area contributed by atoms with Crippen molar-refractivity contribution in [3.05, 3.63) is 54.4 Å². The Kier molecular flexibility index (Phi) is 4.27. The summed E-state index contributed by atoms with van der Waals surface area (Å²) in [6.45, 7) is 2.16. The molecule has 3 nitrogen and oxygen atoms in total. The second-order valence-corrected chi connectivity index (χ2v) is 2.83. The highest BCUT2D eigenvalue weighted by Crippen LogP contribution is 1.96. The van der Waals surface area contributed by atoms with Crippen molar-refractivity contribution in [2.45, 2.75) is 13.3 Å². The van der Waals surface area contributed by atoms with E-state index in [1.54, 1.807) is 18.5 Å². The highest BCUT2D eigenvalue weighted by atomic mass is 15.5. The molecule has 0 aliphatic carbocycles. The summed E-state index contributed by atoms with van der Waals surface area (Å²) in [5.74, 6) is 5.08. The maximum Gasteiger partial charge on any atom is 0.0510 e. The van der Waals surface area contributed by atoms with Crippen molar-refractivity contribution in [1.29, 1.82) is 0 Å².